The van der Waals surface area contributed by atoms with Gasteiger partial charge in [-0.15, -0.1) is 30.6 Å². The lowest BCUT2D eigenvalue weighted by Gasteiger charge is -2.32. The minimum Gasteiger partial charge on any atom is -0.478 e. The molecule has 0 saturated heterocycles. The Balaban J connectivity index is 0.000000168. The van der Waals surface area contributed by atoms with E-state index in [1.807, 2.05) is 58.1 Å². The summed E-state index contributed by atoms with van der Waals surface area (Å²) in [6, 6.07) is 31.4. The number of carbonyl (C=O) groups is 3. The first kappa shape index (κ1) is 86.6. The van der Waals surface area contributed by atoms with Crippen LogP contribution in [-0.2, 0) is 144 Å². The van der Waals surface area contributed by atoms with Crippen molar-refractivity contribution in [2.45, 2.75) is 78.3 Å². The molecule has 0 radical (unpaired) electrons. The van der Waals surface area contributed by atoms with E-state index >= 15 is 0 Å². The van der Waals surface area contributed by atoms with E-state index in [1.54, 1.807) is 177 Å². The molecule has 606 valence electrons. The molecule has 44 heteroatoms. The van der Waals surface area contributed by atoms with Gasteiger partial charge in [0.1, 0.15) is 23.3 Å². The van der Waals surface area contributed by atoms with E-state index in [0.29, 0.717) is 69.8 Å². The highest BCUT2D eigenvalue weighted by Gasteiger charge is 2.32. The molecule has 1 amide bonds. The molecule has 3 aliphatic rings. The van der Waals surface area contributed by atoms with Crippen LogP contribution in [0.5, 0.6) is 0 Å². The predicted molar refractivity (Wildman–Crippen MR) is 489 cm³/mol. The number of benzene rings is 4. The average molecular weight is 1870 g/mol. The van der Waals surface area contributed by atoms with Gasteiger partial charge in [0.25, 0.3) is 17.0 Å². The zero-order chi connectivity index (χ0) is 83.9. The Labute approximate surface area is 720 Å². The smallest absolute Gasteiger partial charge is 0.338 e. The van der Waals surface area contributed by atoms with E-state index < -0.39 is 23.5 Å². The van der Waals surface area contributed by atoms with Crippen molar-refractivity contribution in [1.29, 1.82) is 0 Å². The second-order valence-electron chi connectivity index (χ2n) is 24.9. The van der Waals surface area contributed by atoms with Crippen molar-refractivity contribution in [3.05, 3.63) is 259 Å². The van der Waals surface area contributed by atoms with Gasteiger partial charge >= 0.3 is 5.97 Å². The van der Waals surface area contributed by atoms with Crippen LogP contribution in [0, 0.1) is 18.6 Å². The number of carboxylic acids is 1. The zero-order valence-electron chi connectivity index (χ0n) is 63.2. The van der Waals surface area contributed by atoms with E-state index in [9.17, 15) is 32.8 Å². The Morgan fingerprint density at radius 2 is 1.04 bits per heavy atom. The number of aromatic nitrogens is 15. The summed E-state index contributed by atoms with van der Waals surface area (Å²) in [5.41, 5.74) is 8.98. The van der Waals surface area contributed by atoms with Crippen LogP contribution in [0.25, 0.3) is 55.7 Å². The van der Waals surface area contributed by atoms with Crippen LogP contribution < -0.4 is 33.0 Å². The molecule has 116 heavy (non-hydrogen) atoms. The second-order valence-corrected chi connectivity index (χ2v) is 45.7. The molecule has 0 bridgehead atoms. The fourth-order valence-electron chi connectivity index (χ4n) is 12.1. The number of H-pyrrole nitrogens is 2. The van der Waals surface area contributed by atoms with Crippen LogP contribution in [0.1, 0.15) is 120 Å². The number of fused-ring (bicyclic) bond motifs is 5. The Morgan fingerprint density at radius 1 is 0.603 bits per heavy atom. The maximum atomic E-state index is 14.9. The Bertz CT molecular complexity index is 6250. The molecule has 3 aliphatic heterocycles. The molecular weight excluding hydrogens is 1790 g/mol. The molecule has 8 N–H and O–H groups in total. The third-order valence-corrected chi connectivity index (χ3v) is 39.9. The van der Waals surface area contributed by atoms with Crippen LogP contribution in [-0.4, -0.2) is 122 Å². The molecule has 17 rings (SSSR count). The number of hydrazine groups is 1. The van der Waals surface area contributed by atoms with E-state index in [4.69, 9.17) is 13.9 Å². The maximum Gasteiger partial charge on any atom is 0.338 e. The molecule has 10 aromatic heterocycles. The highest BCUT2D eigenvalue weighted by molar-refractivity contribution is 8.75. The van der Waals surface area contributed by atoms with Crippen molar-refractivity contribution >= 4 is 202 Å². The highest BCUT2D eigenvalue weighted by Crippen LogP contribution is 2.32. The van der Waals surface area contributed by atoms with Crippen molar-refractivity contribution in [2.24, 2.45) is 5.84 Å². The summed E-state index contributed by atoms with van der Waals surface area (Å²) in [4.78, 5) is 67.6. The quantitative estimate of drug-likeness (QED) is 0.0359. The van der Waals surface area contributed by atoms with Crippen LogP contribution in [0.4, 0.5) is 14.6 Å². The van der Waals surface area contributed by atoms with Gasteiger partial charge in [0, 0.05) is 221 Å². The van der Waals surface area contributed by atoms with Crippen molar-refractivity contribution in [3.8, 4) is 34.2 Å². The van der Waals surface area contributed by atoms with E-state index in [1.165, 1.54) is 58.4 Å². The van der Waals surface area contributed by atoms with Gasteiger partial charge in [-0.25, -0.2) is 34.6 Å². The molecular formula is C72H72F2N20O6S16. The molecule has 4 aromatic carbocycles. The number of halogens is 2. The van der Waals surface area contributed by atoms with Gasteiger partial charge < -0.3 is 39.8 Å². The van der Waals surface area contributed by atoms with Crippen LogP contribution >= 0.6 is 45.3 Å². The van der Waals surface area contributed by atoms with Crippen molar-refractivity contribution in [3.63, 3.8) is 0 Å². The zero-order valence-corrected chi connectivity index (χ0v) is 74.3. The van der Waals surface area contributed by atoms with Gasteiger partial charge in [-0.3, -0.25) is 24.2 Å². The minimum atomic E-state index is -1.32. The largest absolute Gasteiger partial charge is 0.478 e. The maximum absolute atomic E-state index is 14.9. The van der Waals surface area contributed by atoms with Crippen molar-refractivity contribution < 1.29 is 32.7 Å². The lowest BCUT2D eigenvalue weighted by atomic mass is 10.0. The number of thiophene rings is 4. The van der Waals surface area contributed by atoms with Gasteiger partial charge in [-0.2, -0.15) is 55.5 Å². The first-order chi connectivity index (χ1) is 57.4. The summed E-state index contributed by atoms with van der Waals surface area (Å²) in [5, 5.41) is 72.9. The average Bonchev–Trinajstić information content (AvgIpc) is 1.65. The number of aldehydes is 1. The number of rotatable bonds is 11. The fourth-order valence-corrected chi connectivity index (χ4v) is 36.5. The number of nitrogens with two attached hydrogens (primary N) is 1. The molecule has 14 aromatic rings. The van der Waals surface area contributed by atoms with Gasteiger partial charge in [0.05, 0.1) is 70.9 Å². The number of hydrogen-bond acceptors (Lipinski definition) is 25. The summed E-state index contributed by atoms with van der Waals surface area (Å²) in [6.07, 6.45) is 4.70. The second kappa shape index (κ2) is 44.7. The van der Waals surface area contributed by atoms with Crippen molar-refractivity contribution in [2.75, 3.05) is 25.1 Å². The Kier molecular flexibility index (Phi) is 33.4. The van der Waals surface area contributed by atoms with E-state index in [-0.39, 0.29) is 42.7 Å². The lowest BCUT2D eigenvalue weighted by Crippen LogP contribution is -2.40. The minimum absolute atomic E-state index is 0. The number of aryl methyl sites for hydroxylation is 1. The molecule has 0 fully saturated rings. The standard InChI is InChI=1S/C26H21FN6O2S.C16H11FN2O3.2C10H12N4S.C5H8N4.C5H4OS.S12.2H2/c1-15-12-32(13-23-29-30-24(33(15)23)17-8-9-36-14-17)26(35)20-10-16(6-7-21(20)27)11-22-18-4-2-3-5-19(18)25(34)31-28-22;17-13-6-5-9(7-12(13)16(21)22)8-14-10-3-1-2-4-11(10)15(20)19-18-14;2*1-7-4-11-5-9-12-13-10(14(7)9)8-2-3-15-6-8;1-4-2-7-3-5(8-4)9-6;6-3-5-1-2-7-4-5;1-3-5-7-9-11-12-10-8-6-4-2;;/h2-10,14-15H,11-13H2,1H3,(H,31,34);1-7H,8H2,(H,19,20)(H,21,22);2*2-3,6-7,11H,4-5H2,1H3;2-3H,6H2,1H3,(H,8,9);1-4H;;2*1H/i;;;;;;;1+1D;. The molecule has 0 saturated carbocycles. The number of carboxylic acid groups (broad SMARTS) is 1. The number of anilines is 1. The third-order valence-electron chi connectivity index (χ3n) is 17.2. The summed E-state index contributed by atoms with van der Waals surface area (Å²) in [5.74, 6) is 8.10. The Morgan fingerprint density at radius 3 is 1.46 bits per heavy atom. The summed E-state index contributed by atoms with van der Waals surface area (Å²) >= 11 is 15.9. The van der Waals surface area contributed by atoms with Gasteiger partial charge in [0.15, 0.2) is 35.4 Å². The fraction of sp³-hybridized carbons (Fsp3) is 0.208. The van der Waals surface area contributed by atoms with Gasteiger partial charge in [-0.1, -0.05) is 48.5 Å². The van der Waals surface area contributed by atoms with Crippen LogP contribution in [0.2, 0.25) is 0 Å². The first-order valence-corrected chi connectivity index (χ1v) is 52.9. The highest BCUT2D eigenvalue weighted by atomic mass is 33.4. The normalized spacial score (nSPS) is 14.0. The summed E-state index contributed by atoms with van der Waals surface area (Å²) < 4.78 is 44.8. The van der Waals surface area contributed by atoms with Gasteiger partial charge in [-0.05, 0) is 121 Å². The topological polar surface area (TPSA) is 346 Å². The molecule has 3 atom stereocenters. The number of aromatic carboxylic acids is 1. The van der Waals surface area contributed by atoms with E-state index in [0.717, 1.165) is 95.4 Å². The van der Waals surface area contributed by atoms with E-state index in [2.05, 4.69) is 156 Å². The number of carbonyl (C=O) groups excluding carboxylic acids is 2. The summed E-state index contributed by atoms with van der Waals surface area (Å²) in [6.45, 7) is 12.5. The van der Waals surface area contributed by atoms with Crippen LogP contribution in [0.15, 0.2) is 174 Å². The number of hydrogen-bond donors (Lipinski definition) is 7. The Hall–Kier alpha value is -8.75. The molecule has 0 aliphatic carbocycles. The molecule has 3 unspecified atom stereocenters. The van der Waals surface area contributed by atoms with Gasteiger partial charge in [0.2, 0.25) is 0 Å². The summed E-state index contributed by atoms with van der Waals surface area (Å²) in [7, 11) is 16.3. The number of nitrogen functional groups attached to an aromatic ring is 1. The molecule has 26 nitrogen and oxygen atoms in total. The van der Waals surface area contributed by atoms with Crippen LogP contribution in [0.3, 0.4) is 0 Å². The molecule has 0 spiro atoms. The monoisotopic (exact) mass is 1860 g/mol. The SMILES string of the molecule is CC1CN(C(=O)c2cc(Cc3n[nH]c(=O)c4ccccc34)ccc2F)Cc2nnc(-c3ccsc3)n21.CC1CNCc2nnc(-c3ccsc3)n21.CC1CNCc2nnc(-c3ccsc3)n21.Cc1cncc(NN)n1.O=C(O)c1cc(Cc2n[nH]c(=O)c3ccccc23)ccc1F.O=Cc1ccsc1.S=S=S=S=S=S=S=S=S=S=S=S.[2H][2H].[HH]. The number of aromatic amines is 2. The number of amides is 1. The third kappa shape index (κ3) is 23.8. The number of nitrogens with zero attached hydrogens (tertiary/aromatic N) is 14. The molecule has 13 heterocycles. The van der Waals surface area contributed by atoms with Crippen molar-refractivity contribution in [1.82, 2.24) is 90.2 Å². The lowest BCUT2D eigenvalue weighted by molar-refractivity contribution is 0.0673. The number of nitrogens with one attached hydrogen (secondary N) is 5. The first-order valence-electron chi connectivity index (χ1n) is 35.4. The predicted octanol–water partition coefficient (Wildman–Crippen LogP) is 12.0.